The van der Waals surface area contributed by atoms with Crippen LogP contribution in [0.15, 0.2) is 12.4 Å². The van der Waals surface area contributed by atoms with Gasteiger partial charge in [-0.1, -0.05) is 0 Å². The van der Waals surface area contributed by atoms with Gasteiger partial charge in [0.2, 0.25) is 5.91 Å². The molecule has 1 N–H and O–H groups in total. The van der Waals surface area contributed by atoms with Crippen molar-refractivity contribution in [1.29, 1.82) is 0 Å². The van der Waals surface area contributed by atoms with Crippen LogP contribution in [0, 0.1) is 13.8 Å². The summed E-state index contributed by atoms with van der Waals surface area (Å²) in [5.74, 6) is 0.821. The summed E-state index contributed by atoms with van der Waals surface area (Å²) in [6.07, 6.45) is 7.14. The highest BCUT2D eigenvalue weighted by Crippen LogP contribution is 2.31. The van der Waals surface area contributed by atoms with Gasteiger partial charge in [0.1, 0.15) is 5.82 Å². The maximum Gasteiger partial charge on any atom is 0.220 e. The maximum absolute atomic E-state index is 12.3. The average Bonchev–Trinajstić information content (AvgIpc) is 3.18. The molecule has 2 aromatic rings. The van der Waals surface area contributed by atoms with E-state index in [4.69, 9.17) is 0 Å². The number of aromatic nitrogens is 4. The lowest BCUT2D eigenvalue weighted by molar-refractivity contribution is -0.121. The van der Waals surface area contributed by atoms with Gasteiger partial charge in [0.15, 0.2) is 0 Å². The Labute approximate surface area is 154 Å². The van der Waals surface area contributed by atoms with E-state index in [-0.39, 0.29) is 5.91 Å². The molecule has 0 radical (unpaired) electrons. The zero-order chi connectivity index (χ0) is 18.7. The summed E-state index contributed by atoms with van der Waals surface area (Å²) in [6, 6.07) is 0.321. The van der Waals surface area contributed by atoms with Crippen LogP contribution < -0.4 is 5.32 Å². The SMILES string of the molecule is Cc1ncc(CNC(=O)CCc2cnn(C)c2C)c([C@H]2CCCN2C)n1. The quantitative estimate of drug-likeness (QED) is 0.855. The van der Waals surface area contributed by atoms with Gasteiger partial charge in [0.25, 0.3) is 0 Å². The van der Waals surface area contributed by atoms with Crippen molar-refractivity contribution in [2.24, 2.45) is 7.05 Å². The predicted molar refractivity (Wildman–Crippen MR) is 99.5 cm³/mol. The highest BCUT2D eigenvalue weighted by Gasteiger charge is 2.26. The van der Waals surface area contributed by atoms with Crippen molar-refractivity contribution in [3.8, 4) is 0 Å². The van der Waals surface area contributed by atoms with Crippen LogP contribution in [0.4, 0.5) is 0 Å². The molecule has 140 valence electrons. The number of carbonyl (C=O) groups excluding carboxylic acids is 1. The summed E-state index contributed by atoms with van der Waals surface area (Å²) < 4.78 is 1.83. The molecule has 1 saturated heterocycles. The van der Waals surface area contributed by atoms with Gasteiger partial charge >= 0.3 is 0 Å². The lowest BCUT2D eigenvalue weighted by Crippen LogP contribution is -2.26. The third-order valence-corrected chi connectivity index (χ3v) is 5.29. The van der Waals surface area contributed by atoms with Crippen LogP contribution in [-0.2, 0) is 24.8 Å². The Balaban J connectivity index is 1.60. The molecule has 0 bridgehead atoms. The van der Waals surface area contributed by atoms with Crippen molar-refractivity contribution in [3.05, 3.63) is 40.7 Å². The normalized spacial score (nSPS) is 17.6. The van der Waals surface area contributed by atoms with Gasteiger partial charge in [-0.15, -0.1) is 0 Å². The number of rotatable bonds is 6. The summed E-state index contributed by atoms with van der Waals surface area (Å²) in [5.41, 5.74) is 4.30. The first-order valence-corrected chi connectivity index (χ1v) is 9.22. The average molecular weight is 356 g/mol. The summed E-state index contributed by atoms with van der Waals surface area (Å²) in [6.45, 7) is 5.50. The minimum atomic E-state index is 0.0413. The highest BCUT2D eigenvalue weighted by molar-refractivity contribution is 5.76. The molecule has 3 rings (SSSR count). The molecule has 1 atom stereocenters. The Morgan fingerprint density at radius 3 is 2.73 bits per heavy atom. The number of nitrogens with one attached hydrogen (secondary N) is 1. The van der Waals surface area contributed by atoms with E-state index < -0.39 is 0 Å². The van der Waals surface area contributed by atoms with Gasteiger partial charge in [-0.2, -0.15) is 5.10 Å². The highest BCUT2D eigenvalue weighted by atomic mass is 16.1. The van der Waals surface area contributed by atoms with Crippen LogP contribution in [0.5, 0.6) is 0 Å². The lowest BCUT2D eigenvalue weighted by atomic mass is 10.1. The van der Waals surface area contributed by atoms with Crippen molar-refractivity contribution < 1.29 is 4.79 Å². The van der Waals surface area contributed by atoms with Gasteiger partial charge in [-0.25, -0.2) is 9.97 Å². The molecule has 1 fully saturated rings. The van der Waals surface area contributed by atoms with E-state index in [1.165, 1.54) is 6.42 Å². The van der Waals surface area contributed by atoms with E-state index in [0.717, 1.165) is 41.3 Å². The molecule has 2 aromatic heterocycles. The summed E-state index contributed by atoms with van der Waals surface area (Å²) in [5, 5.41) is 7.25. The van der Waals surface area contributed by atoms with Crippen LogP contribution in [0.1, 0.15) is 53.6 Å². The zero-order valence-electron chi connectivity index (χ0n) is 16.1. The van der Waals surface area contributed by atoms with Crippen molar-refractivity contribution in [2.45, 2.75) is 52.1 Å². The molecule has 0 saturated carbocycles. The first-order valence-electron chi connectivity index (χ1n) is 9.22. The summed E-state index contributed by atoms with van der Waals surface area (Å²) >= 11 is 0. The van der Waals surface area contributed by atoms with E-state index in [0.29, 0.717) is 25.4 Å². The second-order valence-corrected chi connectivity index (χ2v) is 7.12. The molecule has 3 heterocycles. The number of carbonyl (C=O) groups is 1. The number of nitrogens with zero attached hydrogens (tertiary/aromatic N) is 5. The minimum absolute atomic E-state index is 0.0413. The van der Waals surface area contributed by atoms with Crippen LogP contribution in [0.3, 0.4) is 0 Å². The molecule has 1 aliphatic rings. The van der Waals surface area contributed by atoms with E-state index in [2.05, 4.69) is 32.3 Å². The largest absolute Gasteiger partial charge is 0.352 e. The monoisotopic (exact) mass is 356 g/mol. The third kappa shape index (κ3) is 4.09. The number of amides is 1. The molecule has 0 unspecified atom stereocenters. The Morgan fingerprint density at radius 1 is 1.27 bits per heavy atom. The fraction of sp³-hybridized carbons (Fsp3) is 0.579. The fourth-order valence-corrected chi connectivity index (χ4v) is 3.51. The summed E-state index contributed by atoms with van der Waals surface area (Å²) in [4.78, 5) is 23.6. The van der Waals surface area contributed by atoms with E-state index in [1.807, 2.05) is 38.0 Å². The Hall–Kier alpha value is -2.28. The zero-order valence-corrected chi connectivity index (χ0v) is 16.1. The van der Waals surface area contributed by atoms with Gasteiger partial charge < -0.3 is 5.32 Å². The number of hydrogen-bond donors (Lipinski definition) is 1. The molecule has 1 amide bonds. The van der Waals surface area contributed by atoms with E-state index >= 15 is 0 Å². The Kier molecular flexibility index (Phi) is 5.66. The van der Waals surface area contributed by atoms with Gasteiger partial charge in [-0.3, -0.25) is 14.4 Å². The maximum atomic E-state index is 12.3. The second kappa shape index (κ2) is 7.95. The van der Waals surface area contributed by atoms with Crippen LogP contribution >= 0.6 is 0 Å². The molecule has 1 aliphatic heterocycles. The van der Waals surface area contributed by atoms with Gasteiger partial charge in [0, 0.05) is 37.5 Å². The van der Waals surface area contributed by atoms with Crippen molar-refractivity contribution in [1.82, 2.24) is 30.0 Å². The first-order chi connectivity index (χ1) is 12.5. The van der Waals surface area contributed by atoms with Gasteiger partial charge in [-0.05, 0) is 52.3 Å². The van der Waals surface area contributed by atoms with Crippen LogP contribution in [-0.4, -0.2) is 44.1 Å². The van der Waals surface area contributed by atoms with E-state index in [1.54, 1.807) is 0 Å². The molecular weight excluding hydrogens is 328 g/mol. The Bertz CT molecular complexity index is 784. The summed E-state index contributed by atoms with van der Waals surface area (Å²) in [7, 11) is 4.05. The molecule has 7 nitrogen and oxygen atoms in total. The Morgan fingerprint density at radius 2 is 2.08 bits per heavy atom. The smallest absolute Gasteiger partial charge is 0.220 e. The third-order valence-electron chi connectivity index (χ3n) is 5.29. The van der Waals surface area contributed by atoms with Crippen LogP contribution in [0.25, 0.3) is 0 Å². The molecule has 26 heavy (non-hydrogen) atoms. The van der Waals surface area contributed by atoms with Crippen molar-refractivity contribution >= 4 is 5.91 Å². The first kappa shape index (κ1) is 18.5. The molecule has 0 spiro atoms. The second-order valence-electron chi connectivity index (χ2n) is 7.12. The number of aryl methyl sites for hydroxylation is 3. The fourth-order valence-electron chi connectivity index (χ4n) is 3.51. The van der Waals surface area contributed by atoms with Gasteiger partial charge in [0.05, 0.1) is 17.9 Å². The molecule has 7 heteroatoms. The van der Waals surface area contributed by atoms with Crippen molar-refractivity contribution in [2.75, 3.05) is 13.6 Å². The minimum Gasteiger partial charge on any atom is -0.352 e. The molecule has 0 aliphatic carbocycles. The standard InChI is InChI=1S/C19H28N6O/c1-13-15(12-22-25(13)4)7-8-18(26)21-11-16-10-20-14(2)23-19(16)17-6-5-9-24(17)3/h10,12,17H,5-9,11H2,1-4H3,(H,21,26)/t17-/m1/s1. The van der Waals surface area contributed by atoms with Crippen LogP contribution in [0.2, 0.25) is 0 Å². The topological polar surface area (TPSA) is 75.9 Å². The molecule has 0 aromatic carbocycles. The van der Waals surface area contributed by atoms with E-state index in [9.17, 15) is 4.79 Å². The number of likely N-dealkylation sites (tertiary alicyclic amines) is 1. The number of hydrogen-bond acceptors (Lipinski definition) is 5. The predicted octanol–water partition coefficient (Wildman–Crippen LogP) is 1.84. The lowest BCUT2D eigenvalue weighted by Gasteiger charge is -2.21. The van der Waals surface area contributed by atoms with Crippen molar-refractivity contribution in [3.63, 3.8) is 0 Å². The molecular formula is C19H28N6O.